The van der Waals surface area contributed by atoms with Crippen molar-refractivity contribution in [2.45, 2.75) is 6.18 Å². The van der Waals surface area contributed by atoms with Gasteiger partial charge in [-0.1, -0.05) is 0 Å². The van der Waals surface area contributed by atoms with E-state index >= 15 is 0 Å². The van der Waals surface area contributed by atoms with Crippen molar-refractivity contribution in [1.29, 1.82) is 0 Å². The molecule has 0 atom stereocenters. The normalized spacial score (nSPS) is 15.3. The Morgan fingerprint density at radius 2 is 1.90 bits per heavy atom. The Hall–Kier alpha value is -2.72. The summed E-state index contributed by atoms with van der Waals surface area (Å²) in [6.45, 7) is -0.604. The molecule has 0 aliphatic carbocycles. The lowest BCUT2D eigenvalue weighted by Gasteiger charge is -2.16. The van der Waals surface area contributed by atoms with E-state index in [1.165, 1.54) is 0 Å². The third-order valence-electron chi connectivity index (χ3n) is 2.64. The number of benzene rings is 1. The number of imide groups is 1. The highest BCUT2D eigenvalue weighted by Crippen LogP contribution is 2.40. The van der Waals surface area contributed by atoms with Crippen molar-refractivity contribution in [2.75, 3.05) is 11.4 Å². The van der Waals surface area contributed by atoms with E-state index in [0.29, 0.717) is 11.0 Å². The van der Waals surface area contributed by atoms with Gasteiger partial charge in [-0.15, -0.1) is 0 Å². The molecule has 1 N–H and O–H groups in total. The molecule has 7 nitrogen and oxygen atoms in total. The molecule has 11 heteroatoms. The lowest BCUT2D eigenvalue weighted by atomic mass is 10.1. The first-order valence-corrected chi connectivity index (χ1v) is 5.27. The lowest BCUT2D eigenvalue weighted by Crippen LogP contribution is -2.28. The van der Waals surface area contributed by atoms with Crippen LogP contribution in [-0.4, -0.2) is 23.4 Å². The van der Waals surface area contributed by atoms with E-state index in [2.05, 4.69) is 0 Å². The number of nitro groups is 1. The second-order valence-corrected chi connectivity index (χ2v) is 4.02. The standard InChI is InChI=1S/C10H5F4N3O4/c11-6-2-4(16-3-7(18)15-9(16)19)1-5(10(12,13)14)8(6)17(20)21/h1-2H,3H2,(H,15,18,19). The quantitative estimate of drug-likeness (QED) is 0.390. The number of nitro benzene ring substituents is 1. The molecule has 1 aliphatic heterocycles. The zero-order valence-corrected chi connectivity index (χ0v) is 9.90. The van der Waals surface area contributed by atoms with Gasteiger partial charge in [0.25, 0.3) is 0 Å². The van der Waals surface area contributed by atoms with E-state index in [9.17, 15) is 37.3 Å². The Kier molecular flexibility index (Phi) is 3.27. The molecule has 1 saturated heterocycles. The molecule has 1 aromatic carbocycles. The minimum Gasteiger partial charge on any atom is -0.285 e. The first kappa shape index (κ1) is 14.7. The second kappa shape index (κ2) is 4.68. The molecule has 0 aromatic heterocycles. The average molecular weight is 307 g/mol. The van der Waals surface area contributed by atoms with Crippen LogP contribution in [0, 0.1) is 15.9 Å². The summed E-state index contributed by atoms with van der Waals surface area (Å²) in [5.74, 6) is -2.54. The summed E-state index contributed by atoms with van der Waals surface area (Å²) in [7, 11) is 0. The fourth-order valence-electron chi connectivity index (χ4n) is 1.79. The first-order chi connectivity index (χ1) is 9.61. The third kappa shape index (κ3) is 2.61. The number of rotatable bonds is 2. The van der Waals surface area contributed by atoms with Gasteiger partial charge in [-0.2, -0.15) is 17.6 Å². The molecule has 0 unspecified atom stereocenters. The van der Waals surface area contributed by atoms with Crippen molar-refractivity contribution in [3.05, 3.63) is 33.6 Å². The van der Waals surface area contributed by atoms with Crippen LogP contribution in [0.3, 0.4) is 0 Å². The number of halogens is 4. The number of carbonyl (C=O) groups is 2. The fourth-order valence-corrected chi connectivity index (χ4v) is 1.79. The average Bonchev–Trinajstić information content (AvgIpc) is 2.65. The summed E-state index contributed by atoms with van der Waals surface area (Å²) in [6, 6.07) is -0.397. The van der Waals surface area contributed by atoms with Gasteiger partial charge < -0.3 is 0 Å². The van der Waals surface area contributed by atoms with Crippen LogP contribution in [-0.2, 0) is 11.0 Å². The molecule has 2 rings (SSSR count). The number of carbonyl (C=O) groups excluding carboxylic acids is 2. The van der Waals surface area contributed by atoms with E-state index < -0.39 is 52.3 Å². The molecule has 112 valence electrons. The van der Waals surface area contributed by atoms with Crippen molar-refractivity contribution < 1.29 is 32.1 Å². The van der Waals surface area contributed by atoms with E-state index in [4.69, 9.17) is 0 Å². The van der Waals surface area contributed by atoms with Crippen LogP contribution in [0.15, 0.2) is 12.1 Å². The van der Waals surface area contributed by atoms with Crippen LogP contribution in [0.25, 0.3) is 0 Å². The molecule has 1 aliphatic rings. The Bertz CT molecular complexity index is 658. The van der Waals surface area contributed by atoms with Crippen LogP contribution >= 0.6 is 0 Å². The predicted molar refractivity (Wildman–Crippen MR) is 58.9 cm³/mol. The number of hydrogen-bond acceptors (Lipinski definition) is 4. The fraction of sp³-hybridized carbons (Fsp3) is 0.200. The molecule has 0 spiro atoms. The van der Waals surface area contributed by atoms with Gasteiger partial charge in [-0.3, -0.25) is 25.1 Å². The monoisotopic (exact) mass is 307 g/mol. The van der Waals surface area contributed by atoms with Crippen molar-refractivity contribution in [3.63, 3.8) is 0 Å². The largest absolute Gasteiger partial charge is 0.423 e. The molecular weight excluding hydrogens is 302 g/mol. The highest BCUT2D eigenvalue weighted by molar-refractivity contribution is 6.12. The first-order valence-electron chi connectivity index (χ1n) is 5.27. The van der Waals surface area contributed by atoms with Crippen LogP contribution in [0.5, 0.6) is 0 Å². The maximum atomic E-state index is 13.6. The van der Waals surface area contributed by atoms with Crippen LogP contribution < -0.4 is 10.2 Å². The molecule has 1 fully saturated rings. The molecule has 0 bridgehead atoms. The van der Waals surface area contributed by atoms with E-state index in [1.807, 2.05) is 0 Å². The number of anilines is 1. The summed E-state index contributed by atoms with van der Waals surface area (Å²) in [5, 5.41) is 12.3. The van der Waals surface area contributed by atoms with Gasteiger partial charge in [-0.25, -0.2) is 4.79 Å². The molecule has 3 amide bonds. The zero-order chi connectivity index (χ0) is 15.9. The molecular formula is C10H5F4N3O4. The Morgan fingerprint density at radius 3 is 2.33 bits per heavy atom. The maximum Gasteiger partial charge on any atom is 0.423 e. The number of nitrogens with one attached hydrogen (secondary N) is 1. The Balaban J connectivity index is 2.61. The van der Waals surface area contributed by atoms with Crippen LogP contribution in [0.2, 0.25) is 0 Å². The van der Waals surface area contributed by atoms with Crippen molar-refractivity contribution in [3.8, 4) is 0 Å². The number of urea groups is 1. The summed E-state index contributed by atoms with van der Waals surface area (Å²) in [6.07, 6.45) is -5.19. The van der Waals surface area contributed by atoms with Gasteiger partial charge in [0.15, 0.2) is 0 Å². The number of hydrogen-bond donors (Lipinski definition) is 1. The zero-order valence-electron chi connectivity index (χ0n) is 9.90. The summed E-state index contributed by atoms with van der Waals surface area (Å²) < 4.78 is 51.9. The minimum atomic E-state index is -5.19. The van der Waals surface area contributed by atoms with Gasteiger partial charge in [0.05, 0.1) is 10.6 Å². The minimum absolute atomic E-state index is 0.249. The number of amides is 3. The van der Waals surface area contributed by atoms with E-state index in [1.54, 1.807) is 5.32 Å². The van der Waals surface area contributed by atoms with Gasteiger partial charge in [0, 0.05) is 6.07 Å². The van der Waals surface area contributed by atoms with E-state index in [-0.39, 0.29) is 6.07 Å². The predicted octanol–water partition coefficient (Wildman–Crippen LogP) is 1.81. The van der Waals surface area contributed by atoms with Gasteiger partial charge >= 0.3 is 17.9 Å². The topological polar surface area (TPSA) is 92.6 Å². The third-order valence-corrected chi connectivity index (χ3v) is 2.64. The lowest BCUT2D eigenvalue weighted by molar-refractivity contribution is -0.390. The van der Waals surface area contributed by atoms with Crippen molar-refractivity contribution >= 4 is 23.3 Å². The molecule has 0 saturated carbocycles. The summed E-state index contributed by atoms with van der Waals surface area (Å²) in [4.78, 5) is 31.9. The van der Waals surface area contributed by atoms with Gasteiger partial charge in [0.2, 0.25) is 11.7 Å². The maximum absolute atomic E-state index is 13.6. The molecule has 1 heterocycles. The Morgan fingerprint density at radius 1 is 1.29 bits per heavy atom. The molecule has 21 heavy (non-hydrogen) atoms. The van der Waals surface area contributed by atoms with Gasteiger partial charge in [0.1, 0.15) is 12.1 Å². The highest BCUT2D eigenvalue weighted by atomic mass is 19.4. The summed E-state index contributed by atoms with van der Waals surface area (Å²) >= 11 is 0. The van der Waals surface area contributed by atoms with Gasteiger partial charge in [-0.05, 0) is 6.07 Å². The molecule has 1 aromatic rings. The van der Waals surface area contributed by atoms with E-state index in [0.717, 1.165) is 0 Å². The smallest absolute Gasteiger partial charge is 0.285 e. The highest BCUT2D eigenvalue weighted by Gasteiger charge is 2.42. The molecule has 0 radical (unpaired) electrons. The SMILES string of the molecule is O=C1CN(c2cc(F)c([N+](=O)[O-])c(C(F)(F)F)c2)C(=O)N1. The van der Waals surface area contributed by atoms with Crippen LogP contribution in [0.4, 0.5) is 33.7 Å². The Labute approximate surface area is 113 Å². The summed E-state index contributed by atoms with van der Waals surface area (Å²) in [5.41, 5.74) is -4.18. The van der Waals surface area contributed by atoms with Crippen molar-refractivity contribution in [2.24, 2.45) is 0 Å². The second-order valence-electron chi connectivity index (χ2n) is 4.02. The number of alkyl halides is 3. The van der Waals surface area contributed by atoms with Crippen LogP contribution in [0.1, 0.15) is 5.56 Å². The van der Waals surface area contributed by atoms with Crippen molar-refractivity contribution in [1.82, 2.24) is 5.32 Å². The number of nitrogens with zero attached hydrogens (tertiary/aromatic N) is 2.